The van der Waals surface area contributed by atoms with Crippen LogP contribution in [0.4, 0.5) is 0 Å². The predicted octanol–water partition coefficient (Wildman–Crippen LogP) is 5.32. The quantitative estimate of drug-likeness (QED) is 0.690. The third-order valence-corrected chi connectivity index (χ3v) is 6.34. The molecule has 2 rings (SSSR count). The zero-order chi connectivity index (χ0) is 13.4. The van der Waals surface area contributed by atoms with E-state index in [4.69, 9.17) is 0 Å². The Kier molecular flexibility index (Phi) is 4.25. The molecule has 1 aliphatic rings. The molecule has 18 heavy (non-hydrogen) atoms. The van der Waals surface area contributed by atoms with Gasteiger partial charge in [0.25, 0.3) is 0 Å². The molecule has 0 aromatic carbocycles. The van der Waals surface area contributed by atoms with Crippen molar-refractivity contribution in [1.82, 2.24) is 0 Å². The first-order valence-electron chi connectivity index (χ1n) is 6.79. The fraction of sp³-hybridized carbons (Fsp3) is 0.733. The van der Waals surface area contributed by atoms with E-state index in [2.05, 4.69) is 42.1 Å². The second kappa shape index (κ2) is 5.26. The van der Waals surface area contributed by atoms with Crippen molar-refractivity contribution in [2.45, 2.75) is 58.5 Å². The summed E-state index contributed by atoms with van der Waals surface area (Å²) in [5.74, 6) is 0.727. The highest BCUT2D eigenvalue weighted by atomic mass is 79.9. The van der Waals surface area contributed by atoms with Gasteiger partial charge < -0.3 is 5.11 Å². The standard InChI is InChI=1S/C15H23BrOS/c1-14(2,3)11-5-4-8-15(17,9-6-11)13-12(16)7-10-18-13/h7,10-11,17H,4-6,8-9H2,1-3H3. The number of halogens is 1. The van der Waals surface area contributed by atoms with Crippen molar-refractivity contribution in [3.8, 4) is 0 Å². The molecule has 0 amide bonds. The molecule has 1 nitrogen and oxygen atoms in total. The summed E-state index contributed by atoms with van der Waals surface area (Å²) in [5.41, 5.74) is -0.245. The molecule has 2 unspecified atom stereocenters. The van der Waals surface area contributed by atoms with Gasteiger partial charge >= 0.3 is 0 Å². The van der Waals surface area contributed by atoms with E-state index < -0.39 is 5.60 Å². The second-order valence-corrected chi connectivity index (χ2v) is 8.39. The molecular formula is C15H23BrOS. The third-order valence-electron chi connectivity index (χ3n) is 4.31. The van der Waals surface area contributed by atoms with Crippen LogP contribution in [0.1, 0.15) is 57.8 Å². The number of hydrogen-bond acceptors (Lipinski definition) is 2. The Bertz CT molecular complexity index is 407. The minimum atomic E-state index is -0.604. The average Bonchev–Trinajstić information content (AvgIpc) is 2.57. The first-order chi connectivity index (χ1) is 8.33. The summed E-state index contributed by atoms with van der Waals surface area (Å²) >= 11 is 5.24. The molecule has 1 N–H and O–H groups in total. The van der Waals surface area contributed by atoms with Crippen LogP contribution in [-0.4, -0.2) is 5.11 Å². The summed E-state index contributed by atoms with van der Waals surface area (Å²) in [5, 5.41) is 13.0. The van der Waals surface area contributed by atoms with Gasteiger partial charge in [0.1, 0.15) is 0 Å². The highest BCUT2D eigenvalue weighted by molar-refractivity contribution is 9.10. The van der Waals surface area contributed by atoms with Gasteiger partial charge in [0.15, 0.2) is 0 Å². The summed E-state index contributed by atoms with van der Waals surface area (Å²) in [4.78, 5) is 1.12. The smallest absolute Gasteiger partial charge is 0.0999 e. The first kappa shape index (κ1) is 14.5. The van der Waals surface area contributed by atoms with Gasteiger partial charge in [0, 0.05) is 4.47 Å². The Labute approximate surface area is 123 Å². The van der Waals surface area contributed by atoms with Gasteiger partial charge in [-0.3, -0.25) is 0 Å². The van der Waals surface area contributed by atoms with Gasteiger partial charge in [-0.2, -0.15) is 0 Å². The van der Waals surface area contributed by atoms with E-state index in [0.29, 0.717) is 5.41 Å². The molecule has 0 radical (unpaired) electrons. The van der Waals surface area contributed by atoms with Crippen LogP contribution < -0.4 is 0 Å². The normalized spacial score (nSPS) is 30.2. The maximum absolute atomic E-state index is 11.0. The summed E-state index contributed by atoms with van der Waals surface area (Å²) in [6.07, 6.45) is 5.30. The lowest BCUT2D eigenvalue weighted by atomic mass is 9.76. The van der Waals surface area contributed by atoms with Gasteiger partial charge in [-0.1, -0.05) is 20.8 Å². The van der Waals surface area contributed by atoms with Crippen molar-refractivity contribution < 1.29 is 5.11 Å². The van der Waals surface area contributed by atoms with Crippen LogP contribution >= 0.6 is 27.3 Å². The van der Waals surface area contributed by atoms with Crippen LogP contribution in [0.5, 0.6) is 0 Å². The topological polar surface area (TPSA) is 20.2 Å². The summed E-state index contributed by atoms with van der Waals surface area (Å²) in [6, 6.07) is 2.05. The summed E-state index contributed by atoms with van der Waals surface area (Å²) in [6.45, 7) is 6.97. The average molecular weight is 331 g/mol. The lowest BCUT2D eigenvalue weighted by Crippen LogP contribution is -2.25. The van der Waals surface area contributed by atoms with Gasteiger partial charge in [-0.05, 0) is 70.8 Å². The molecule has 1 aromatic rings. The van der Waals surface area contributed by atoms with Crippen molar-refractivity contribution in [2.24, 2.45) is 11.3 Å². The number of thiophene rings is 1. The van der Waals surface area contributed by atoms with Crippen LogP contribution in [0.25, 0.3) is 0 Å². The lowest BCUT2D eigenvalue weighted by Gasteiger charge is -2.30. The van der Waals surface area contributed by atoms with Crippen LogP contribution in [0.15, 0.2) is 15.9 Å². The number of rotatable bonds is 1. The molecule has 1 aromatic heterocycles. The summed E-state index contributed by atoms with van der Waals surface area (Å²) in [7, 11) is 0. The van der Waals surface area contributed by atoms with Gasteiger partial charge in [0.2, 0.25) is 0 Å². The molecule has 1 heterocycles. The fourth-order valence-electron chi connectivity index (χ4n) is 3.04. The zero-order valence-corrected chi connectivity index (χ0v) is 13.9. The fourth-order valence-corrected chi connectivity index (χ4v) is 4.94. The predicted molar refractivity (Wildman–Crippen MR) is 81.9 cm³/mol. The summed E-state index contributed by atoms with van der Waals surface area (Å²) < 4.78 is 1.07. The van der Waals surface area contributed by atoms with E-state index in [1.807, 2.05) is 6.07 Å². The monoisotopic (exact) mass is 330 g/mol. The highest BCUT2D eigenvalue weighted by Crippen LogP contribution is 2.46. The minimum Gasteiger partial charge on any atom is -0.384 e. The van der Waals surface area contributed by atoms with Crippen LogP contribution in [0, 0.1) is 11.3 Å². The van der Waals surface area contributed by atoms with Gasteiger partial charge in [-0.15, -0.1) is 11.3 Å². The first-order valence-corrected chi connectivity index (χ1v) is 8.46. The van der Waals surface area contributed by atoms with E-state index in [1.165, 1.54) is 6.42 Å². The Morgan fingerprint density at radius 1 is 1.33 bits per heavy atom. The van der Waals surface area contributed by atoms with Crippen LogP contribution in [0.3, 0.4) is 0 Å². The molecule has 3 heteroatoms. The zero-order valence-electron chi connectivity index (χ0n) is 11.5. The minimum absolute atomic E-state index is 0.359. The van der Waals surface area contributed by atoms with Crippen molar-refractivity contribution >= 4 is 27.3 Å². The van der Waals surface area contributed by atoms with Crippen molar-refractivity contribution in [1.29, 1.82) is 0 Å². The molecule has 0 aliphatic heterocycles. The Morgan fingerprint density at radius 2 is 2.06 bits per heavy atom. The van der Waals surface area contributed by atoms with E-state index in [0.717, 1.165) is 41.0 Å². The molecule has 0 spiro atoms. The second-order valence-electron chi connectivity index (χ2n) is 6.62. The molecule has 2 atom stereocenters. The molecule has 0 bridgehead atoms. The third kappa shape index (κ3) is 3.00. The molecular weight excluding hydrogens is 308 g/mol. The van der Waals surface area contributed by atoms with Gasteiger partial charge in [-0.25, -0.2) is 0 Å². The number of hydrogen-bond donors (Lipinski definition) is 1. The molecule has 102 valence electrons. The largest absolute Gasteiger partial charge is 0.384 e. The Morgan fingerprint density at radius 3 is 2.61 bits per heavy atom. The van der Waals surface area contributed by atoms with E-state index >= 15 is 0 Å². The molecule has 1 saturated carbocycles. The maximum Gasteiger partial charge on any atom is 0.0999 e. The lowest BCUT2D eigenvalue weighted by molar-refractivity contribution is 0.0209. The Balaban J connectivity index is 2.16. The number of aliphatic hydroxyl groups is 1. The van der Waals surface area contributed by atoms with E-state index in [1.54, 1.807) is 11.3 Å². The van der Waals surface area contributed by atoms with E-state index in [9.17, 15) is 5.11 Å². The van der Waals surface area contributed by atoms with E-state index in [-0.39, 0.29) is 0 Å². The van der Waals surface area contributed by atoms with Crippen LogP contribution in [-0.2, 0) is 5.60 Å². The maximum atomic E-state index is 11.0. The van der Waals surface area contributed by atoms with Crippen LogP contribution in [0.2, 0.25) is 0 Å². The molecule has 1 fully saturated rings. The molecule has 0 saturated heterocycles. The van der Waals surface area contributed by atoms with Gasteiger partial charge in [0.05, 0.1) is 10.5 Å². The van der Waals surface area contributed by atoms with Crippen molar-refractivity contribution in [3.63, 3.8) is 0 Å². The SMILES string of the molecule is CC(C)(C)C1CCCC(O)(c2sccc2Br)CC1. The molecule has 1 aliphatic carbocycles. The van der Waals surface area contributed by atoms with Crippen molar-refractivity contribution in [2.75, 3.05) is 0 Å². The van der Waals surface area contributed by atoms with Crippen molar-refractivity contribution in [3.05, 3.63) is 20.8 Å². The highest BCUT2D eigenvalue weighted by Gasteiger charge is 2.37. The Hall–Kier alpha value is 0.140.